The van der Waals surface area contributed by atoms with Gasteiger partial charge in [0.05, 0.1) is 12.1 Å². The van der Waals surface area contributed by atoms with Crippen molar-refractivity contribution in [1.82, 2.24) is 24.6 Å². The molecule has 4 rings (SSSR count). The van der Waals surface area contributed by atoms with Crippen LogP contribution in [-0.2, 0) is 19.5 Å². The largest absolute Gasteiger partial charge is 0.419 e. The Bertz CT molecular complexity index is 863. The van der Waals surface area contributed by atoms with Crippen molar-refractivity contribution < 1.29 is 4.42 Å². The first-order valence-electron chi connectivity index (χ1n) is 8.00. The Morgan fingerprint density at radius 3 is 3.22 bits per heavy atom. The summed E-state index contributed by atoms with van der Waals surface area (Å²) in [5.74, 6) is 0.788. The molecule has 0 spiro atoms. The summed E-state index contributed by atoms with van der Waals surface area (Å²) in [6.45, 7) is 2.38. The Kier molecular flexibility index (Phi) is 3.70. The summed E-state index contributed by atoms with van der Waals surface area (Å²) in [5, 5.41) is 7.78. The summed E-state index contributed by atoms with van der Waals surface area (Å²) in [5.41, 5.74) is 1.51. The molecule has 1 atom stereocenters. The predicted octanol–water partition coefficient (Wildman–Crippen LogP) is 1.18. The third-order valence-corrected chi connectivity index (χ3v) is 4.37. The number of fused-ring (bicyclic) bond motifs is 2. The number of nitrogens with zero attached hydrogens (tertiary/aromatic N) is 4. The average Bonchev–Trinajstić information content (AvgIpc) is 3.15. The van der Waals surface area contributed by atoms with Gasteiger partial charge in [0.1, 0.15) is 12.2 Å². The van der Waals surface area contributed by atoms with Crippen LogP contribution in [0.15, 0.2) is 39.8 Å². The Labute approximate surface area is 132 Å². The molecule has 1 aliphatic rings. The van der Waals surface area contributed by atoms with E-state index >= 15 is 0 Å². The highest BCUT2D eigenvalue weighted by Crippen LogP contribution is 2.13. The van der Waals surface area contributed by atoms with Gasteiger partial charge in [-0.15, -0.1) is 0 Å². The second-order valence-electron chi connectivity index (χ2n) is 5.89. The van der Waals surface area contributed by atoms with E-state index in [1.54, 1.807) is 10.9 Å². The van der Waals surface area contributed by atoms with Gasteiger partial charge in [-0.25, -0.2) is 14.5 Å². The fourth-order valence-electron chi connectivity index (χ4n) is 3.17. The summed E-state index contributed by atoms with van der Waals surface area (Å²) >= 11 is 0. The first kappa shape index (κ1) is 14.2. The molecule has 23 heavy (non-hydrogen) atoms. The number of nitrogens with one attached hydrogen (secondary N) is 1. The van der Waals surface area contributed by atoms with Gasteiger partial charge in [-0.1, -0.05) is 12.1 Å². The van der Waals surface area contributed by atoms with Crippen LogP contribution in [0, 0.1) is 0 Å². The number of hydrogen-bond acceptors (Lipinski definition) is 5. The lowest BCUT2D eigenvalue weighted by atomic mass is 10.1. The van der Waals surface area contributed by atoms with Gasteiger partial charge in [-0.2, -0.15) is 5.10 Å². The minimum atomic E-state index is -0.281. The third kappa shape index (κ3) is 2.79. The zero-order chi connectivity index (χ0) is 15.6. The molecule has 1 unspecified atom stereocenters. The molecule has 0 amide bonds. The monoisotopic (exact) mass is 313 g/mol. The van der Waals surface area contributed by atoms with E-state index in [-0.39, 0.29) is 5.76 Å². The zero-order valence-electron chi connectivity index (χ0n) is 12.8. The maximum Gasteiger partial charge on any atom is 0.419 e. The molecule has 0 bridgehead atoms. The maximum absolute atomic E-state index is 11.9. The van der Waals surface area contributed by atoms with Crippen LogP contribution in [0.4, 0.5) is 0 Å². The summed E-state index contributed by atoms with van der Waals surface area (Å²) in [6.07, 6.45) is 4.54. The Hall–Kier alpha value is -2.41. The molecule has 3 heterocycles. The van der Waals surface area contributed by atoms with E-state index in [1.165, 1.54) is 0 Å². The first-order valence-corrected chi connectivity index (χ1v) is 8.00. The van der Waals surface area contributed by atoms with Gasteiger partial charge in [0.2, 0.25) is 0 Å². The van der Waals surface area contributed by atoms with Gasteiger partial charge in [0.15, 0.2) is 5.58 Å². The van der Waals surface area contributed by atoms with E-state index in [0.29, 0.717) is 18.2 Å². The SMILES string of the molecule is O=c1oc2ccccc2n1CCCNC1CCc2ncnn2C1. The molecule has 2 aromatic heterocycles. The van der Waals surface area contributed by atoms with Crippen LogP contribution in [0.2, 0.25) is 0 Å². The Morgan fingerprint density at radius 1 is 1.35 bits per heavy atom. The van der Waals surface area contributed by atoms with Gasteiger partial charge >= 0.3 is 5.76 Å². The number of hydrogen-bond donors (Lipinski definition) is 1. The highest BCUT2D eigenvalue weighted by atomic mass is 16.4. The summed E-state index contributed by atoms with van der Waals surface area (Å²) in [7, 11) is 0. The molecule has 1 N–H and O–H groups in total. The van der Waals surface area contributed by atoms with E-state index in [9.17, 15) is 4.79 Å². The van der Waals surface area contributed by atoms with E-state index in [4.69, 9.17) is 4.42 Å². The number of aryl methyl sites for hydroxylation is 2. The van der Waals surface area contributed by atoms with Crippen molar-refractivity contribution in [3.05, 3.63) is 47.0 Å². The second-order valence-corrected chi connectivity index (χ2v) is 5.89. The molecule has 1 aliphatic heterocycles. The van der Waals surface area contributed by atoms with Crippen LogP contribution in [0.5, 0.6) is 0 Å². The molecular formula is C16H19N5O2. The van der Waals surface area contributed by atoms with Crippen molar-refractivity contribution in [2.45, 2.75) is 38.4 Å². The van der Waals surface area contributed by atoms with Gasteiger partial charge in [0, 0.05) is 19.0 Å². The van der Waals surface area contributed by atoms with E-state index in [2.05, 4.69) is 15.4 Å². The van der Waals surface area contributed by atoms with Gasteiger partial charge in [-0.3, -0.25) is 4.57 Å². The zero-order valence-corrected chi connectivity index (χ0v) is 12.8. The number of aromatic nitrogens is 4. The number of benzene rings is 1. The minimum absolute atomic E-state index is 0.281. The number of rotatable bonds is 5. The molecule has 0 saturated carbocycles. The first-order chi connectivity index (χ1) is 11.3. The molecule has 7 nitrogen and oxygen atoms in total. The van der Waals surface area contributed by atoms with E-state index in [1.807, 2.05) is 28.9 Å². The molecule has 7 heteroatoms. The van der Waals surface area contributed by atoms with Crippen LogP contribution < -0.4 is 11.1 Å². The summed E-state index contributed by atoms with van der Waals surface area (Å²) in [4.78, 5) is 16.1. The molecule has 1 aromatic carbocycles. The van der Waals surface area contributed by atoms with Crippen molar-refractivity contribution in [3.8, 4) is 0 Å². The molecular weight excluding hydrogens is 294 g/mol. The van der Waals surface area contributed by atoms with Crippen molar-refractivity contribution in [2.75, 3.05) is 6.54 Å². The molecule has 0 radical (unpaired) electrons. The fourth-order valence-corrected chi connectivity index (χ4v) is 3.17. The van der Waals surface area contributed by atoms with Crippen molar-refractivity contribution in [3.63, 3.8) is 0 Å². The highest BCUT2D eigenvalue weighted by molar-refractivity contribution is 5.72. The average molecular weight is 313 g/mol. The Balaban J connectivity index is 1.32. The summed E-state index contributed by atoms with van der Waals surface area (Å²) < 4.78 is 8.91. The van der Waals surface area contributed by atoms with Crippen molar-refractivity contribution in [1.29, 1.82) is 0 Å². The lowest BCUT2D eigenvalue weighted by Crippen LogP contribution is -2.38. The minimum Gasteiger partial charge on any atom is -0.408 e. The van der Waals surface area contributed by atoms with Gasteiger partial charge < -0.3 is 9.73 Å². The second kappa shape index (κ2) is 6.00. The lowest BCUT2D eigenvalue weighted by molar-refractivity contribution is 0.354. The Morgan fingerprint density at radius 2 is 2.26 bits per heavy atom. The van der Waals surface area contributed by atoms with Crippen molar-refractivity contribution in [2.24, 2.45) is 0 Å². The van der Waals surface area contributed by atoms with Crippen LogP contribution in [-0.4, -0.2) is 31.9 Å². The standard InChI is InChI=1S/C16H19N5O2/c22-16-20(13-4-1-2-5-14(13)23-16)9-3-8-17-12-6-7-15-18-11-19-21(15)10-12/h1-2,4-5,11-12,17H,3,6-10H2. The number of oxazole rings is 1. The predicted molar refractivity (Wildman–Crippen MR) is 85.2 cm³/mol. The molecule has 0 fully saturated rings. The molecule has 0 aliphatic carbocycles. The van der Waals surface area contributed by atoms with Crippen LogP contribution in [0.3, 0.4) is 0 Å². The van der Waals surface area contributed by atoms with Gasteiger partial charge in [0.25, 0.3) is 0 Å². The quantitative estimate of drug-likeness (QED) is 0.716. The molecule has 120 valence electrons. The number of para-hydroxylation sites is 2. The topological polar surface area (TPSA) is 77.9 Å². The van der Waals surface area contributed by atoms with Crippen molar-refractivity contribution >= 4 is 11.1 Å². The van der Waals surface area contributed by atoms with Crippen LogP contribution >= 0.6 is 0 Å². The maximum atomic E-state index is 11.9. The molecule has 3 aromatic rings. The normalized spacial score (nSPS) is 17.5. The van der Waals surface area contributed by atoms with E-state index < -0.39 is 0 Å². The summed E-state index contributed by atoms with van der Waals surface area (Å²) in [6, 6.07) is 7.95. The van der Waals surface area contributed by atoms with Crippen LogP contribution in [0.1, 0.15) is 18.7 Å². The fraction of sp³-hybridized carbons (Fsp3) is 0.438. The highest BCUT2D eigenvalue weighted by Gasteiger charge is 2.18. The molecule has 0 saturated heterocycles. The van der Waals surface area contributed by atoms with Crippen LogP contribution in [0.25, 0.3) is 11.1 Å². The van der Waals surface area contributed by atoms with Gasteiger partial charge in [-0.05, 0) is 31.5 Å². The van der Waals surface area contributed by atoms with E-state index in [0.717, 1.165) is 43.7 Å². The third-order valence-electron chi connectivity index (χ3n) is 4.37. The smallest absolute Gasteiger partial charge is 0.408 e. The lowest BCUT2D eigenvalue weighted by Gasteiger charge is -2.23.